The van der Waals surface area contributed by atoms with Gasteiger partial charge in [-0.1, -0.05) is 40.0 Å². The number of nitrogen functional groups attached to an aromatic ring is 1. The lowest BCUT2D eigenvalue weighted by atomic mass is 9.99. The molecule has 1 atom stereocenters. The average molecular weight is 277 g/mol. The molecule has 1 amide bonds. The van der Waals surface area contributed by atoms with Crippen molar-refractivity contribution in [2.45, 2.75) is 52.9 Å². The minimum Gasteiger partial charge on any atom is -0.384 e. The van der Waals surface area contributed by atoms with E-state index in [4.69, 9.17) is 5.73 Å². The third-order valence-electron chi connectivity index (χ3n) is 3.62. The van der Waals surface area contributed by atoms with Crippen LogP contribution in [-0.2, 0) is 6.42 Å². The van der Waals surface area contributed by atoms with Crippen LogP contribution in [0.4, 0.5) is 5.82 Å². The van der Waals surface area contributed by atoms with Crippen molar-refractivity contribution in [1.82, 2.24) is 10.3 Å². The van der Waals surface area contributed by atoms with Crippen LogP contribution in [-0.4, -0.2) is 17.4 Å². The van der Waals surface area contributed by atoms with Crippen LogP contribution >= 0.6 is 0 Å². The highest BCUT2D eigenvalue weighted by molar-refractivity contribution is 5.94. The molecule has 0 aliphatic carbocycles. The summed E-state index contributed by atoms with van der Waals surface area (Å²) in [5.74, 6) is 0.917. The second-order valence-electron chi connectivity index (χ2n) is 5.25. The summed E-state index contributed by atoms with van der Waals surface area (Å²) in [6, 6.07) is 3.46. The minimum atomic E-state index is -0.0521. The molecule has 0 aromatic carbocycles. The molecule has 0 aliphatic heterocycles. The van der Waals surface area contributed by atoms with Gasteiger partial charge in [-0.05, 0) is 30.9 Å². The molecule has 3 N–H and O–H groups in total. The summed E-state index contributed by atoms with van der Waals surface area (Å²) in [6.07, 6.45) is 5.46. The molecule has 1 heterocycles. The Hall–Kier alpha value is -1.58. The Morgan fingerprint density at radius 1 is 1.35 bits per heavy atom. The van der Waals surface area contributed by atoms with Gasteiger partial charge in [0.2, 0.25) is 0 Å². The Labute approximate surface area is 122 Å². The fourth-order valence-electron chi connectivity index (χ4n) is 2.21. The summed E-state index contributed by atoms with van der Waals surface area (Å²) >= 11 is 0. The fraction of sp³-hybridized carbons (Fsp3) is 0.625. The van der Waals surface area contributed by atoms with Crippen LogP contribution in [0, 0.1) is 5.92 Å². The van der Waals surface area contributed by atoms with Gasteiger partial charge in [-0.3, -0.25) is 4.79 Å². The molecule has 0 saturated carbocycles. The highest BCUT2D eigenvalue weighted by Gasteiger charge is 2.11. The van der Waals surface area contributed by atoms with Crippen molar-refractivity contribution in [3.63, 3.8) is 0 Å². The minimum absolute atomic E-state index is 0.0521. The van der Waals surface area contributed by atoms with E-state index in [1.807, 2.05) is 13.0 Å². The van der Waals surface area contributed by atoms with E-state index in [9.17, 15) is 4.79 Å². The Kier molecular flexibility index (Phi) is 7.05. The fourth-order valence-corrected chi connectivity index (χ4v) is 2.21. The van der Waals surface area contributed by atoms with Crippen molar-refractivity contribution in [2.24, 2.45) is 5.92 Å². The van der Waals surface area contributed by atoms with Gasteiger partial charge in [-0.15, -0.1) is 0 Å². The Morgan fingerprint density at radius 3 is 2.70 bits per heavy atom. The molecule has 1 rings (SSSR count). The number of amides is 1. The number of anilines is 1. The second-order valence-corrected chi connectivity index (χ2v) is 5.25. The SMILES string of the molecule is CCCCC(CC)CNC(=O)c1cc(N)nc(CC)c1. The van der Waals surface area contributed by atoms with Crippen molar-refractivity contribution >= 4 is 11.7 Å². The molecule has 0 fully saturated rings. The molecule has 1 unspecified atom stereocenters. The van der Waals surface area contributed by atoms with Gasteiger partial charge >= 0.3 is 0 Å². The van der Waals surface area contributed by atoms with Crippen LogP contribution in [0.5, 0.6) is 0 Å². The number of rotatable bonds is 8. The van der Waals surface area contributed by atoms with E-state index >= 15 is 0 Å². The molecule has 0 spiro atoms. The smallest absolute Gasteiger partial charge is 0.251 e. The average Bonchev–Trinajstić information content (AvgIpc) is 2.46. The number of hydrogen-bond donors (Lipinski definition) is 2. The molecule has 20 heavy (non-hydrogen) atoms. The first-order valence-electron chi connectivity index (χ1n) is 7.65. The molecule has 0 aliphatic rings. The predicted molar refractivity (Wildman–Crippen MR) is 83.7 cm³/mol. The number of nitrogens with two attached hydrogens (primary N) is 1. The topological polar surface area (TPSA) is 68.0 Å². The number of nitrogens with one attached hydrogen (secondary N) is 1. The normalized spacial score (nSPS) is 12.2. The first-order chi connectivity index (χ1) is 9.60. The van der Waals surface area contributed by atoms with Gasteiger partial charge < -0.3 is 11.1 Å². The molecular formula is C16H27N3O. The molecule has 4 heteroatoms. The van der Waals surface area contributed by atoms with Gasteiger partial charge in [-0.25, -0.2) is 4.98 Å². The van der Waals surface area contributed by atoms with Crippen LogP contribution in [0.15, 0.2) is 12.1 Å². The second kappa shape index (κ2) is 8.56. The summed E-state index contributed by atoms with van der Waals surface area (Å²) in [7, 11) is 0. The van der Waals surface area contributed by atoms with E-state index in [1.165, 1.54) is 19.3 Å². The number of nitrogens with zero attached hydrogens (tertiary/aromatic N) is 1. The predicted octanol–water partition coefficient (Wildman–Crippen LogP) is 3.17. The van der Waals surface area contributed by atoms with E-state index in [-0.39, 0.29) is 5.91 Å². The third-order valence-corrected chi connectivity index (χ3v) is 3.62. The Bertz CT molecular complexity index is 432. The lowest BCUT2D eigenvalue weighted by molar-refractivity contribution is 0.0945. The number of unbranched alkanes of at least 4 members (excludes halogenated alkanes) is 1. The zero-order valence-corrected chi connectivity index (χ0v) is 12.9. The van der Waals surface area contributed by atoms with Gasteiger partial charge in [0.1, 0.15) is 5.82 Å². The van der Waals surface area contributed by atoms with E-state index in [0.717, 1.165) is 25.1 Å². The van der Waals surface area contributed by atoms with E-state index in [2.05, 4.69) is 24.1 Å². The highest BCUT2D eigenvalue weighted by Crippen LogP contribution is 2.12. The van der Waals surface area contributed by atoms with E-state index in [0.29, 0.717) is 17.3 Å². The van der Waals surface area contributed by atoms with Crippen molar-refractivity contribution in [1.29, 1.82) is 0 Å². The zero-order chi connectivity index (χ0) is 15.0. The Morgan fingerprint density at radius 2 is 2.10 bits per heavy atom. The molecule has 0 bridgehead atoms. The monoisotopic (exact) mass is 277 g/mol. The standard InChI is InChI=1S/C16H27N3O/c1-4-7-8-12(5-2)11-18-16(20)13-9-14(6-3)19-15(17)10-13/h9-10,12H,4-8,11H2,1-3H3,(H2,17,19)(H,18,20). The lowest BCUT2D eigenvalue weighted by Crippen LogP contribution is -2.29. The van der Waals surface area contributed by atoms with Gasteiger partial charge in [0.25, 0.3) is 5.91 Å². The van der Waals surface area contributed by atoms with Crippen molar-refractivity contribution < 1.29 is 4.79 Å². The summed E-state index contributed by atoms with van der Waals surface area (Å²) in [6.45, 7) is 7.10. The summed E-state index contributed by atoms with van der Waals surface area (Å²) < 4.78 is 0. The maximum atomic E-state index is 12.2. The number of hydrogen-bond acceptors (Lipinski definition) is 3. The quantitative estimate of drug-likeness (QED) is 0.767. The van der Waals surface area contributed by atoms with Crippen LogP contribution in [0.2, 0.25) is 0 Å². The maximum absolute atomic E-state index is 12.2. The van der Waals surface area contributed by atoms with Crippen LogP contribution in [0.25, 0.3) is 0 Å². The van der Waals surface area contributed by atoms with E-state index < -0.39 is 0 Å². The molecule has 1 aromatic rings. The Balaban J connectivity index is 2.59. The summed E-state index contributed by atoms with van der Waals surface area (Å²) in [4.78, 5) is 16.3. The molecular weight excluding hydrogens is 250 g/mol. The number of aryl methyl sites for hydroxylation is 1. The van der Waals surface area contributed by atoms with Gasteiger partial charge in [-0.2, -0.15) is 0 Å². The van der Waals surface area contributed by atoms with Gasteiger partial charge in [0.15, 0.2) is 0 Å². The number of carbonyl (C=O) groups excluding carboxylic acids is 1. The number of pyridine rings is 1. The third kappa shape index (κ3) is 5.19. The molecule has 112 valence electrons. The van der Waals surface area contributed by atoms with Crippen LogP contribution in [0.1, 0.15) is 62.5 Å². The van der Waals surface area contributed by atoms with Crippen LogP contribution < -0.4 is 11.1 Å². The highest BCUT2D eigenvalue weighted by atomic mass is 16.1. The maximum Gasteiger partial charge on any atom is 0.251 e. The number of carbonyl (C=O) groups is 1. The van der Waals surface area contributed by atoms with E-state index in [1.54, 1.807) is 6.07 Å². The summed E-state index contributed by atoms with van der Waals surface area (Å²) in [5, 5.41) is 3.02. The number of aromatic nitrogens is 1. The molecule has 4 nitrogen and oxygen atoms in total. The zero-order valence-electron chi connectivity index (χ0n) is 12.9. The van der Waals surface area contributed by atoms with Crippen LogP contribution in [0.3, 0.4) is 0 Å². The largest absolute Gasteiger partial charge is 0.384 e. The summed E-state index contributed by atoms with van der Waals surface area (Å²) in [5.41, 5.74) is 7.20. The van der Waals surface area contributed by atoms with Crippen molar-refractivity contribution in [2.75, 3.05) is 12.3 Å². The first kappa shape index (κ1) is 16.5. The van der Waals surface area contributed by atoms with Gasteiger partial charge in [0.05, 0.1) is 0 Å². The van der Waals surface area contributed by atoms with Crippen molar-refractivity contribution in [3.8, 4) is 0 Å². The van der Waals surface area contributed by atoms with Gasteiger partial charge in [0, 0.05) is 17.8 Å². The molecule has 1 aromatic heterocycles. The van der Waals surface area contributed by atoms with Crippen molar-refractivity contribution in [3.05, 3.63) is 23.4 Å². The first-order valence-corrected chi connectivity index (χ1v) is 7.65. The lowest BCUT2D eigenvalue weighted by Gasteiger charge is -2.15. The molecule has 0 radical (unpaired) electrons. The molecule has 0 saturated heterocycles.